The molecule has 0 radical (unpaired) electrons. The Hall–Kier alpha value is -0.770. The zero-order valence-corrected chi connectivity index (χ0v) is 6.65. The van der Waals surface area contributed by atoms with E-state index in [1.165, 1.54) is 5.57 Å². The second kappa shape index (κ2) is 2.12. The highest BCUT2D eigenvalue weighted by atomic mass is 14.4. The molecule has 0 aromatic carbocycles. The molecule has 1 rings (SSSR count). The van der Waals surface area contributed by atoms with Crippen molar-refractivity contribution in [2.24, 2.45) is 11.3 Å². The Morgan fingerprint density at radius 1 is 1.70 bits per heavy atom. The zero-order chi connectivity index (χ0) is 7.78. The Morgan fingerprint density at radius 2 is 2.30 bits per heavy atom. The van der Waals surface area contributed by atoms with E-state index in [0.29, 0.717) is 0 Å². The predicted octanol–water partition coefficient (Wildman–Crippen LogP) is 2.50. The fourth-order valence-corrected chi connectivity index (χ4v) is 1.47. The van der Waals surface area contributed by atoms with Crippen LogP contribution in [0.3, 0.4) is 0 Å². The van der Waals surface area contributed by atoms with Crippen LogP contribution < -0.4 is 0 Å². The number of rotatable bonds is 0. The molecule has 1 atom stereocenters. The van der Waals surface area contributed by atoms with Gasteiger partial charge in [0.2, 0.25) is 0 Å². The zero-order valence-electron chi connectivity index (χ0n) is 6.65. The summed E-state index contributed by atoms with van der Waals surface area (Å²) >= 11 is 0. The molecule has 1 saturated carbocycles. The monoisotopic (exact) mass is 135 g/mol. The fourth-order valence-electron chi connectivity index (χ4n) is 1.47. The van der Waals surface area contributed by atoms with E-state index in [9.17, 15) is 0 Å². The largest absolute Gasteiger partial charge is 0.198 e. The van der Waals surface area contributed by atoms with Gasteiger partial charge in [-0.15, -0.1) is 0 Å². The van der Waals surface area contributed by atoms with Crippen molar-refractivity contribution in [2.45, 2.75) is 26.7 Å². The summed E-state index contributed by atoms with van der Waals surface area (Å²) in [7, 11) is 0. The van der Waals surface area contributed by atoms with Crippen molar-refractivity contribution < 1.29 is 0 Å². The lowest BCUT2D eigenvalue weighted by atomic mass is 9.80. The third kappa shape index (κ3) is 0.844. The molecule has 54 valence electrons. The summed E-state index contributed by atoms with van der Waals surface area (Å²) < 4.78 is 0. The van der Waals surface area contributed by atoms with Gasteiger partial charge < -0.3 is 0 Å². The van der Waals surface area contributed by atoms with Gasteiger partial charge in [-0.2, -0.15) is 5.26 Å². The second-order valence-corrected chi connectivity index (χ2v) is 3.55. The van der Waals surface area contributed by atoms with Crippen LogP contribution in [0.1, 0.15) is 26.7 Å². The standard InChI is InChI=1S/C9H13N/c1-7-4-5-8(6-10)9(7,2)3/h8H,1,4-5H2,2-3H3. The Morgan fingerprint density at radius 3 is 2.50 bits per heavy atom. The van der Waals surface area contributed by atoms with Crippen LogP contribution in [0.2, 0.25) is 0 Å². The topological polar surface area (TPSA) is 23.8 Å². The maximum atomic E-state index is 8.73. The molecule has 0 aliphatic heterocycles. The summed E-state index contributed by atoms with van der Waals surface area (Å²) in [5, 5.41) is 8.73. The molecule has 1 aliphatic rings. The quantitative estimate of drug-likeness (QED) is 0.468. The minimum Gasteiger partial charge on any atom is -0.198 e. The highest BCUT2D eigenvalue weighted by Crippen LogP contribution is 2.45. The van der Waals surface area contributed by atoms with Gasteiger partial charge in [-0.05, 0) is 12.8 Å². The summed E-state index contributed by atoms with van der Waals surface area (Å²) in [6.07, 6.45) is 2.04. The van der Waals surface area contributed by atoms with Gasteiger partial charge >= 0.3 is 0 Å². The van der Waals surface area contributed by atoms with E-state index in [0.717, 1.165) is 12.8 Å². The van der Waals surface area contributed by atoms with Crippen molar-refractivity contribution in [1.82, 2.24) is 0 Å². The number of allylic oxidation sites excluding steroid dienone is 1. The Bertz CT molecular complexity index is 195. The van der Waals surface area contributed by atoms with E-state index in [2.05, 4.69) is 26.5 Å². The van der Waals surface area contributed by atoms with E-state index < -0.39 is 0 Å². The fraction of sp³-hybridized carbons (Fsp3) is 0.667. The van der Waals surface area contributed by atoms with Crippen molar-refractivity contribution in [3.8, 4) is 6.07 Å². The van der Waals surface area contributed by atoms with Crippen LogP contribution in [0.25, 0.3) is 0 Å². The molecule has 0 heterocycles. The van der Waals surface area contributed by atoms with Crippen molar-refractivity contribution in [3.63, 3.8) is 0 Å². The van der Waals surface area contributed by atoms with Crippen LogP contribution in [0.4, 0.5) is 0 Å². The number of hydrogen-bond donors (Lipinski definition) is 0. The number of hydrogen-bond acceptors (Lipinski definition) is 1. The molecule has 1 fully saturated rings. The lowest BCUT2D eigenvalue weighted by Crippen LogP contribution is -2.16. The summed E-state index contributed by atoms with van der Waals surface area (Å²) in [5.74, 6) is 0.194. The van der Waals surface area contributed by atoms with Gasteiger partial charge in [0.25, 0.3) is 0 Å². The van der Waals surface area contributed by atoms with Crippen molar-refractivity contribution >= 4 is 0 Å². The van der Waals surface area contributed by atoms with Gasteiger partial charge in [-0.3, -0.25) is 0 Å². The average molecular weight is 135 g/mol. The highest BCUT2D eigenvalue weighted by molar-refractivity contribution is 5.19. The van der Waals surface area contributed by atoms with Crippen LogP contribution in [-0.2, 0) is 0 Å². The Labute approximate surface area is 62.4 Å². The molecular formula is C9H13N. The maximum Gasteiger partial charge on any atom is 0.0664 e. The van der Waals surface area contributed by atoms with Gasteiger partial charge in [0.15, 0.2) is 0 Å². The minimum absolute atomic E-state index is 0.0642. The van der Waals surface area contributed by atoms with E-state index in [-0.39, 0.29) is 11.3 Å². The Balaban J connectivity index is 2.86. The summed E-state index contributed by atoms with van der Waals surface area (Å²) in [6, 6.07) is 2.32. The average Bonchev–Trinajstić information content (AvgIpc) is 2.10. The van der Waals surface area contributed by atoms with Gasteiger partial charge in [-0.25, -0.2) is 0 Å². The van der Waals surface area contributed by atoms with E-state index in [1.54, 1.807) is 0 Å². The molecule has 1 nitrogen and oxygen atoms in total. The van der Waals surface area contributed by atoms with E-state index in [4.69, 9.17) is 5.26 Å². The third-order valence-electron chi connectivity index (χ3n) is 2.67. The molecule has 1 heteroatoms. The third-order valence-corrected chi connectivity index (χ3v) is 2.67. The predicted molar refractivity (Wildman–Crippen MR) is 41.3 cm³/mol. The normalized spacial score (nSPS) is 30.1. The van der Waals surface area contributed by atoms with Crippen molar-refractivity contribution in [3.05, 3.63) is 12.2 Å². The lowest BCUT2D eigenvalue weighted by Gasteiger charge is -2.22. The van der Waals surface area contributed by atoms with E-state index in [1.807, 2.05) is 0 Å². The summed E-state index contributed by atoms with van der Waals surface area (Å²) in [4.78, 5) is 0. The van der Waals surface area contributed by atoms with Gasteiger partial charge in [0.05, 0.1) is 12.0 Å². The van der Waals surface area contributed by atoms with Crippen molar-refractivity contribution in [2.75, 3.05) is 0 Å². The molecule has 0 bridgehead atoms. The number of nitriles is 1. The maximum absolute atomic E-state index is 8.73. The molecule has 0 saturated heterocycles. The first-order chi connectivity index (χ1) is 4.59. The van der Waals surface area contributed by atoms with Crippen molar-refractivity contribution in [1.29, 1.82) is 5.26 Å². The van der Waals surface area contributed by atoms with Gasteiger partial charge in [0, 0.05) is 5.41 Å². The first-order valence-electron chi connectivity index (χ1n) is 3.67. The first-order valence-corrected chi connectivity index (χ1v) is 3.67. The molecule has 0 N–H and O–H groups in total. The number of nitrogens with zero attached hydrogens (tertiary/aromatic N) is 1. The van der Waals surface area contributed by atoms with E-state index >= 15 is 0 Å². The van der Waals surface area contributed by atoms with Crippen LogP contribution in [-0.4, -0.2) is 0 Å². The van der Waals surface area contributed by atoms with Gasteiger partial charge in [0.1, 0.15) is 0 Å². The second-order valence-electron chi connectivity index (χ2n) is 3.55. The van der Waals surface area contributed by atoms with Crippen LogP contribution in [0, 0.1) is 22.7 Å². The van der Waals surface area contributed by atoms with Crippen LogP contribution in [0.15, 0.2) is 12.2 Å². The molecule has 0 aromatic heterocycles. The summed E-state index contributed by atoms with van der Waals surface area (Å²) in [5.41, 5.74) is 1.30. The minimum atomic E-state index is 0.0642. The molecule has 10 heavy (non-hydrogen) atoms. The molecule has 1 aliphatic carbocycles. The van der Waals surface area contributed by atoms with Crippen LogP contribution >= 0.6 is 0 Å². The molecular weight excluding hydrogens is 122 g/mol. The molecule has 0 spiro atoms. The Kier molecular flexibility index (Phi) is 1.56. The molecule has 0 aromatic rings. The molecule has 0 amide bonds. The summed E-state index contributed by atoms with van der Waals surface area (Å²) in [6.45, 7) is 8.17. The van der Waals surface area contributed by atoms with Crippen LogP contribution in [0.5, 0.6) is 0 Å². The lowest BCUT2D eigenvalue weighted by molar-refractivity contribution is 0.377. The smallest absolute Gasteiger partial charge is 0.0664 e. The SMILES string of the molecule is C=C1CCC(C#N)C1(C)C. The first kappa shape index (κ1) is 7.34. The highest BCUT2D eigenvalue weighted by Gasteiger charge is 2.37. The van der Waals surface area contributed by atoms with Gasteiger partial charge in [-0.1, -0.05) is 26.0 Å². The molecule has 1 unspecified atom stereocenters.